The molecule has 162 valence electrons. The zero-order valence-electron chi connectivity index (χ0n) is 17.4. The van der Waals surface area contributed by atoms with Crippen molar-refractivity contribution in [2.24, 2.45) is 0 Å². The maximum absolute atomic E-state index is 12.7. The van der Waals surface area contributed by atoms with E-state index in [1.807, 2.05) is 43.3 Å². The number of hydrogen-bond acceptors (Lipinski definition) is 8. The molecule has 1 atom stereocenters. The summed E-state index contributed by atoms with van der Waals surface area (Å²) in [7, 11) is 1.73. The number of anilines is 2. The number of likely N-dealkylation sites (N-methyl/N-ethyl adjacent to an activating group) is 1. The van der Waals surface area contributed by atoms with Gasteiger partial charge in [0, 0.05) is 13.6 Å². The lowest BCUT2D eigenvalue weighted by Gasteiger charge is -2.21. The van der Waals surface area contributed by atoms with Crippen molar-refractivity contribution in [1.82, 2.24) is 14.9 Å². The maximum atomic E-state index is 12.7. The van der Waals surface area contributed by atoms with Crippen LogP contribution in [0.2, 0.25) is 0 Å². The molecule has 31 heavy (non-hydrogen) atoms. The number of rotatable bonds is 9. The molecule has 2 N–H and O–H groups in total. The molecule has 2 heterocycles. The molecule has 0 fully saturated rings. The number of carbonyl (C=O) groups is 1. The van der Waals surface area contributed by atoms with Crippen LogP contribution < -0.4 is 5.32 Å². The molecule has 2 aromatic heterocycles. The van der Waals surface area contributed by atoms with E-state index in [1.165, 1.54) is 0 Å². The third kappa shape index (κ3) is 4.68. The Labute approximate surface area is 178 Å². The summed E-state index contributed by atoms with van der Waals surface area (Å²) in [5, 5.41) is 11.7. The molecular formula is C22H24N4O5. The summed E-state index contributed by atoms with van der Waals surface area (Å²) in [6.07, 6.45) is 0. The second-order valence-electron chi connectivity index (χ2n) is 7.18. The summed E-state index contributed by atoms with van der Waals surface area (Å²) in [4.78, 5) is 23.1. The molecule has 0 saturated carbocycles. The zero-order chi connectivity index (χ0) is 21.8. The average molecular weight is 424 g/mol. The number of nitrogens with zero attached hydrogens (tertiary/aromatic N) is 3. The third-order valence-electron chi connectivity index (χ3n) is 4.97. The fraction of sp³-hybridized carbons (Fsp3) is 0.318. The molecule has 4 aromatic rings. The van der Waals surface area contributed by atoms with Gasteiger partial charge in [-0.3, -0.25) is 10.1 Å². The fourth-order valence-electron chi connectivity index (χ4n) is 3.24. The summed E-state index contributed by atoms with van der Waals surface area (Å²) in [6, 6.07) is 13.5. The molecule has 4 rings (SSSR count). The van der Waals surface area contributed by atoms with Crippen molar-refractivity contribution in [2.75, 3.05) is 38.7 Å². The van der Waals surface area contributed by atoms with Gasteiger partial charge in [0.05, 0.1) is 25.7 Å². The molecule has 0 aliphatic heterocycles. The topological polar surface area (TPSA) is 114 Å². The number of carbonyl (C=O) groups excluding carboxylic acids is 1. The Morgan fingerprint density at radius 3 is 2.55 bits per heavy atom. The smallest absolute Gasteiger partial charge is 0.303 e. The standard InChI is InChI=1S/C22H24N4O5/c1-14(20(28)26(2)9-11-29-12-10-27)15-7-8-19-17(13-15)24-22(31-19)25-21-23-16-5-3-4-6-18(16)30-21/h3-8,13-14,27H,9-12H2,1-2H3,(H,23,24,25). The lowest BCUT2D eigenvalue weighted by Crippen LogP contribution is -2.33. The first kappa shape index (κ1) is 20.8. The highest BCUT2D eigenvalue weighted by atomic mass is 16.5. The van der Waals surface area contributed by atoms with Crippen molar-refractivity contribution in [2.45, 2.75) is 12.8 Å². The van der Waals surface area contributed by atoms with Crippen LogP contribution in [0.15, 0.2) is 51.3 Å². The van der Waals surface area contributed by atoms with Crippen LogP contribution in [0.25, 0.3) is 22.2 Å². The van der Waals surface area contributed by atoms with Crippen molar-refractivity contribution in [3.63, 3.8) is 0 Å². The highest BCUT2D eigenvalue weighted by Gasteiger charge is 2.20. The monoisotopic (exact) mass is 424 g/mol. The van der Waals surface area contributed by atoms with Crippen LogP contribution in [0, 0.1) is 0 Å². The predicted molar refractivity (Wildman–Crippen MR) is 115 cm³/mol. The number of para-hydroxylation sites is 2. The van der Waals surface area contributed by atoms with Gasteiger partial charge in [0.15, 0.2) is 11.2 Å². The molecule has 9 heteroatoms. The average Bonchev–Trinajstić information content (AvgIpc) is 3.37. The minimum atomic E-state index is -0.350. The van der Waals surface area contributed by atoms with Gasteiger partial charge in [0.2, 0.25) is 5.91 Å². The third-order valence-corrected chi connectivity index (χ3v) is 4.97. The van der Waals surface area contributed by atoms with Gasteiger partial charge in [-0.15, -0.1) is 0 Å². The van der Waals surface area contributed by atoms with Gasteiger partial charge in [-0.05, 0) is 36.8 Å². The number of aromatic nitrogens is 2. The van der Waals surface area contributed by atoms with E-state index in [0.717, 1.165) is 11.1 Å². The van der Waals surface area contributed by atoms with Gasteiger partial charge in [0.1, 0.15) is 11.0 Å². The van der Waals surface area contributed by atoms with Crippen molar-refractivity contribution >= 4 is 40.1 Å². The van der Waals surface area contributed by atoms with Crippen LogP contribution in [0.4, 0.5) is 12.0 Å². The highest BCUT2D eigenvalue weighted by molar-refractivity contribution is 5.85. The summed E-state index contributed by atoms with van der Waals surface area (Å²) in [6.45, 7) is 2.91. The Morgan fingerprint density at radius 1 is 1.10 bits per heavy atom. The second kappa shape index (κ2) is 9.15. The van der Waals surface area contributed by atoms with Crippen molar-refractivity contribution in [3.05, 3.63) is 48.0 Å². The van der Waals surface area contributed by atoms with Crippen LogP contribution in [0.5, 0.6) is 0 Å². The number of amides is 1. The number of fused-ring (bicyclic) bond motifs is 2. The molecule has 2 aromatic carbocycles. The van der Waals surface area contributed by atoms with Crippen LogP contribution in [0.3, 0.4) is 0 Å². The Morgan fingerprint density at radius 2 is 1.81 bits per heavy atom. The highest BCUT2D eigenvalue weighted by Crippen LogP contribution is 2.27. The van der Waals surface area contributed by atoms with Crippen LogP contribution in [-0.4, -0.2) is 59.3 Å². The van der Waals surface area contributed by atoms with Gasteiger partial charge in [-0.1, -0.05) is 18.2 Å². The van der Waals surface area contributed by atoms with Crippen molar-refractivity contribution in [3.8, 4) is 0 Å². The van der Waals surface area contributed by atoms with E-state index in [0.29, 0.717) is 35.8 Å². The largest absolute Gasteiger partial charge is 0.423 e. The number of oxazole rings is 2. The SMILES string of the molecule is CC(C(=O)N(C)CCOCCO)c1ccc2oc(Nc3nc4ccccc4o3)nc2c1. The normalized spacial score (nSPS) is 12.4. The van der Waals surface area contributed by atoms with Crippen LogP contribution in [-0.2, 0) is 9.53 Å². The molecule has 9 nitrogen and oxygen atoms in total. The summed E-state index contributed by atoms with van der Waals surface area (Å²) < 4.78 is 16.6. The van der Waals surface area contributed by atoms with Gasteiger partial charge in [0.25, 0.3) is 0 Å². The van der Waals surface area contributed by atoms with Crippen LogP contribution in [0.1, 0.15) is 18.4 Å². The molecule has 1 amide bonds. The Bertz CT molecular complexity index is 1150. The Balaban J connectivity index is 1.45. The van der Waals surface area contributed by atoms with Gasteiger partial charge in [-0.25, -0.2) is 0 Å². The number of hydrogen-bond donors (Lipinski definition) is 2. The van der Waals surface area contributed by atoms with E-state index in [1.54, 1.807) is 18.0 Å². The zero-order valence-corrected chi connectivity index (χ0v) is 17.4. The summed E-state index contributed by atoms with van der Waals surface area (Å²) in [5.74, 6) is -0.377. The number of benzene rings is 2. The fourth-order valence-corrected chi connectivity index (χ4v) is 3.24. The van der Waals surface area contributed by atoms with E-state index >= 15 is 0 Å². The van der Waals surface area contributed by atoms with Crippen molar-refractivity contribution in [1.29, 1.82) is 0 Å². The lowest BCUT2D eigenvalue weighted by atomic mass is 9.99. The predicted octanol–water partition coefficient (Wildman–Crippen LogP) is 3.28. The first-order valence-corrected chi connectivity index (χ1v) is 10.0. The van der Waals surface area contributed by atoms with E-state index in [9.17, 15) is 4.79 Å². The number of nitrogens with one attached hydrogen (secondary N) is 1. The second-order valence-corrected chi connectivity index (χ2v) is 7.18. The van der Waals surface area contributed by atoms with E-state index in [4.69, 9.17) is 18.7 Å². The minimum absolute atomic E-state index is 0.0275. The quantitative estimate of drug-likeness (QED) is 0.394. The van der Waals surface area contributed by atoms with Gasteiger partial charge < -0.3 is 23.6 Å². The molecule has 0 saturated heterocycles. The minimum Gasteiger partial charge on any atom is -0.423 e. The molecule has 0 spiro atoms. The van der Waals surface area contributed by atoms with Crippen LogP contribution >= 0.6 is 0 Å². The molecular weight excluding hydrogens is 400 g/mol. The molecule has 1 unspecified atom stereocenters. The summed E-state index contributed by atoms with van der Waals surface area (Å²) >= 11 is 0. The molecule has 0 aliphatic rings. The van der Waals surface area contributed by atoms with E-state index in [-0.39, 0.29) is 31.1 Å². The van der Waals surface area contributed by atoms with E-state index in [2.05, 4.69) is 15.3 Å². The Kier molecular flexibility index (Phi) is 6.15. The maximum Gasteiger partial charge on any atom is 0.303 e. The number of aliphatic hydroxyl groups is 1. The molecule has 0 radical (unpaired) electrons. The van der Waals surface area contributed by atoms with Gasteiger partial charge >= 0.3 is 12.0 Å². The van der Waals surface area contributed by atoms with Gasteiger partial charge in [-0.2, -0.15) is 9.97 Å². The Hall–Kier alpha value is -3.43. The molecule has 0 bridgehead atoms. The van der Waals surface area contributed by atoms with Crippen molar-refractivity contribution < 1.29 is 23.5 Å². The molecule has 0 aliphatic carbocycles. The number of ether oxygens (including phenoxy) is 1. The first-order chi connectivity index (χ1) is 15.0. The number of aliphatic hydroxyl groups excluding tert-OH is 1. The lowest BCUT2D eigenvalue weighted by molar-refractivity contribution is -0.131. The van der Waals surface area contributed by atoms with E-state index < -0.39 is 0 Å². The summed E-state index contributed by atoms with van der Waals surface area (Å²) in [5.41, 5.74) is 3.46. The first-order valence-electron chi connectivity index (χ1n) is 10.0.